The van der Waals surface area contributed by atoms with Crippen molar-refractivity contribution in [3.8, 4) is 0 Å². The Bertz CT molecular complexity index is 246. The van der Waals surface area contributed by atoms with Crippen molar-refractivity contribution in [2.45, 2.75) is 45.7 Å². The van der Waals surface area contributed by atoms with Gasteiger partial charge in [0.15, 0.2) is 0 Å². The molecular weight excluding hydrogens is 174 g/mol. The van der Waals surface area contributed by atoms with Gasteiger partial charge in [0.2, 0.25) is 0 Å². The van der Waals surface area contributed by atoms with Crippen LogP contribution >= 0.6 is 0 Å². The molecular formula is C11H21N3. The lowest BCUT2D eigenvalue weighted by atomic mass is 10.1. The van der Waals surface area contributed by atoms with Gasteiger partial charge in [-0.15, -0.1) is 0 Å². The van der Waals surface area contributed by atoms with Gasteiger partial charge in [0.05, 0.1) is 6.04 Å². The summed E-state index contributed by atoms with van der Waals surface area (Å²) in [7, 11) is 0. The summed E-state index contributed by atoms with van der Waals surface area (Å²) in [6, 6.07) is 2.44. The van der Waals surface area contributed by atoms with Crippen LogP contribution in [-0.2, 0) is 0 Å². The lowest BCUT2D eigenvalue weighted by Gasteiger charge is -2.22. The number of aromatic nitrogens is 2. The monoisotopic (exact) mass is 195 g/mol. The highest BCUT2D eigenvalue weighted by molar-refractivity contribution is 4.81. The molecule has 0 aliphatic rings. The van der Waals surface area contributed by atoms with Crippen molar-refractivity contribution in [1.82, 2.24) is 15.1 Å². The third kappa shape index (κ3) is 3.92. The van der Waals surface area contributed by atoms with Crippen molar-refractivity contribution >= 4 is 0 Å². The van der Waals surface area contributed by atoms with Crippen LogP contribution in [0.15, 0.2) is 18.5 Å². The summed E-state index contributed by atoms with van der Waals surface area (Å²) in [5.74, 6) is 0. The van der Waals surface area contributed by atoms with Gasteiger partial charge in [-0.3, -0.25) is 4.68 Å². The summed E-state index contributed by atoms with van der Waals surface area (Å²) >= 11 is 0. The number of nitrogens with zero attached hydrogens (tertiary/aromatic N) is 2. The van der Waals surface area contributed by atoms with Gasteiger partial charge in [-0.2, -0.15) is 5.10 Å². The van der Waals surface area contributed by atoms with Crippen LogP contribution in [0, 0.1) is 0 Å². The fraction of sp³-hybridized carbons (Fsp3) is 0.727. The predicted molar refractivity (Wildman–Crippen MR) is 59.3 cm³/mol. The van der Waals surface area contributed by atoms with E-state index in [0.29, 0.717) is 6.04 Å². The fourth-order valence-electron chi connectivity index (χ4n) is 1.33. The van der Waals surface area contributed by atoms with Crippen LogP contribution in [0.5, 0.6) is 0 Å². The van der Waals surface area contributed by atoms with Crippen molar-refractivity contribution in [2.24, 2.45) is 0 Å². The quantitative estimate of drug-likeness (QED) is 0.798. The molecule has 0 aromatic carbocycles. The molecule has 80 valence electrons. The Morgan fingerprint density at radius 3 is 2.64 bits per heavy atom. The Balaban J connectivity index is 2.26. The van der Waals surface area contributed by atoms with Crippen LogP contribution < -0.4 is 5.32 Å². The molecule has 1 heterocycles. The van der Waals surface area contributed by atoms with E-state index in [1.54, 1.807) is 0 Å². The molecule has 0 saturated carbocycles. The zero-order chi connectivity index (χ0) is 10.6. The third-order valence-electron chi connectivity index (χ3n) is 2.19. The van der Waals surface area contributed by atoms with E-state index in [9.17, 15) is 0 Å². The highest BCUT2D eigenvalue weighted by Crippen LogP contribution is 2.08. The zero-order valence-corrected chi connectivity index (χ0v) is 9.62. The largest absolute Gasteiger partial charge is 0.312 e. The molecule has 0 spiro atoms. The number of nitrogens with one attached hydrogen (secondary N) is 1. The maximum Gasteiger partial charge on any atom is 0.0503 e. The standard InChI is InChI=1S/C11H21N3/c1-10(14-9-5-7-13-14)6-8-12-11(2,3)4/h5,7,9-10,12H,6,8H2,1-4H3. The molecule has 0 bridgehead atoms. The molecule has 1 atom stereocenters. The SMILES string of the molecule is CC(CCNC(C)(C)C)n1cccn1. The molecule has 3 heteroatoms. The summed E-state index contributed by atoms with van der Waals surface area (Å²) in [4.78, 5) is 0. The van der Waals surface area contributed by atoms with Gasteiger partial charge < -0.3 is 5.32 Å². The van der Waals surface area contributed by atoms with E-state index in [-0.39, 0.29) is 5.54 Å². The lowest BCUT2D eigenvalue weighted by molar-refractivity contribution is 0.380. The first-order valence-corrected chi connectivity index (χ1v) is 5.23. The molecule has 0 fully saturated rings. The molecule has 1 rings (SSSR count). The van der Waals surface area contributed by atoms with Gasteiger partial charge >= 0.3 is 0 Å². The topological polar surface area (TPSA) is 29.9 Å². The zero-order valence-electron chi connectivity index (χ0n) is 9.62. The van der Waals surface area contributed by atoms with E-state index in [0.717, 1.165) is 13.0 Å². The average Bonchev–Trinajstić information content (AvgIpc) is 2.53. The minimum absolute atomic E-state index is 0.212. The second kappa shape index (κ2) is 4.60. The highest BCUT2D eigenvalue weighted by Gasteiger charge is 2.09. The van der Waals surface area contributed by atoms with E-state index in [1.807, 2.05) is 23.1 Å². The molecule has 0 saturated heterocycles. The van der Waals surface area contributed by atoms with Gasteiger partial charge in [-0.1, -0.05) is 0 Å². The molecule has 1 unspecified atom stereocenters. The minimum Gasteiger partial charge on any atom is -0.312 e. The number of hydrogen-bond donors (Lipinski definition) is 1. The Morgan fingerprint density at radius 1 is 1.43 bits per heavy atom. The van der Waals surface area contributed by atoms with Crippen LogP contribution in [0.25, 0.3) is 0 Å². The first-order valence-electron chi connectivity index (χ1n) is 5.23. The van der Waals surface area contributed by atoms with Crippen LogP contribution in [0.1, 0.15) is 40.2 Å². The maximum atomic E-state index is 4.22. The summed E-state index contributed by atoms with van der Waals surface area (Å²) in [5.41, 5.74) is 0.212. The second-order valence-corrected chi connectivity index (χ2v) is 4.80. The minimum atomic E-state index is 0.212. The molecule has 1 aromatic heterocycles. The van der Waals surface area contributed by atoms with E-state index in [1.165, 1.54) is 0 Å². The first kappa shape index (κ1) is 11.2. The molecule has 0 aliphatic carbocycles. The molecule has 3 nitrogen and oxygen atoms in total. The maximum absolute atomic E-state index is 4.22. The Kier molecular flexibility index (Phi) is 3.69. The summed E-state index contributed by atoms with van der Waals surface area (Å²) in [6.07, 6.45) is 4.95. The third-order valence-corrected chi connectivity index (χ3v) is 2.19. The first-order chi connectivity index (χ1) is 6.49. The van der Waals surface area contributed by atoms with Crippen molar-refractivity contribution in [3.63, 3.8) is 0 Å². The molecule has 1 aromatic rings. The highest BCUT2D eigenvalue weighted by atomic mass is 15.3. The van der Waals surface area contributed by atoms with E-state index < -0.39 is 0 Å². The Morgan fingerprint density at radius 2 is 2.14 bits per heavy atom. The van der Waals surface area contributed by atoms with E-state index in [2.05, 4.69) is 38.1 Å². The van der Waals surface area contributed by atoms with Crippen molar-refractivity contribution in [1.29, 1.82) is 0 Å². The van der Waals surface area contributed by atoms with Crippen molar-refractivity contribution in [2.75, 3.05) is 6.54 Å². The Hall–Kier alpha value is -0.830. The van der Waals surface area contributed by atoms with Crippen molar-refractivity contribution in [3.05, 3.63) is 18.5 Å². The van der Waals surface area contributed by atoms with Gasteiger partial charge in [0.25, 0.3) is 0 Å². The van der Waals surface area contributed by atoms with Gasteiger partial charge in [-0.05, 0) is 46.7 Å². The van der Waals surface area contributed by atoms with Crippen molar-refractivity contribution < 1.29 is 0 Å². The molecule has 0 radical (unpaired) electrons. The van der Waals surface area contributed by atoms with E-state index in [4.69, 9.17) is 0 Å². The normalized spacial score (nSPS) is 14.3. The van der Waals surface area contributed by atoms with Crippen LogP contribution in [0.3, 0.4) is 0 Å². The molecule has 1 N–H and O–H groups in total. The summed E-state index contributed by atoms with van der Waals surface area (Å²) < 4.78 is 2.00. The van der Waals surface area contributed by atoms with Crippen LogP contribution in [-0.4, -0.2) is 21.9 Å². The van der Waals surface area contributed by atoms with Gasteiger partial charge in [0.1, 0.15) is 0 Å². The van der Waals surface area contributed by atoms with Gasteiger partial charge in [-0.25, -0.2) is 0 Å². The van der Waals surface area contributed by atoms with Gasteiger partial charge in [0, 0.05) is 17.9 Å². The summed E-state index contributed by atoms with van der Waals surface area (Å²) in [5, 5.41) is 7.69. The summed E-state index contributed by atoms with van der Waals surface area (Å²) in [6.45, 7) is 9.78. The molecule has 0 amide bonds. The molecule has 14 heavy (non-hydrogen) atoms. The molecule has 0 aliphatic heterocycles. The van der Waals surface area contributed by atoms with Crippen LogP contribution in [0.4, 0.5) is 0 Å². The number of hydrogen-bond acceptors (Lipinski definition) is 2. The van der Waals surface area contributed by atoms with E-state index >= 15 is 0 Å². The fourth-order valence-corrected chi connectivity index (χ4v) is 1.33. The number of rotatable bonds is 4. The Labute approximate surface area is 86.5 Å². The smallest absolute Gasteiger partial charge is 0.0503 e. The average molecular weight is 195 g/mol. The second-order valence-electron chi connectivity index (χ2n) is 4.80. The van der Waals surface area contributed by atoms with Crippen LogP contribution in [0.2, 0.25) is 0 Å². The lowest BCUT2D eigenvalue weighted by Crippen LogP contribution is -2.37. The predicted octanol–water partition coefficient (Wildman–Crippen LogP) is 2.22.